The largest absolute Gasteiger partial charge is 0.376 e. The van der Waals surface area contributed by atoms with Gasteiger partial charge in [-0.3, -0.25) is 9.59 Å². The number of aryl methyl sites for hydroxylation is 3. The molecule has 0 spiro atoms. The Hall–Kier alpha value is -2.22. The number of hydrogen-bond donors (Lipinski definition) is 1. The summed E-state index contributed by atoms with van der Waals surface area (Å²) in [6, 6.07) is 0. The number of nitrogens with one attached hydrogen (secondary N) is 1. The molecule has 1 saturated heterocycles. The van der Waals surface area contributed by atoms with Gasteiger partial charge in [0.25, 0.3) is 5.56 Å². The van der Waals surface area contributed by atoms with Crippen LogP contribution in [0.5, 0.6) is 0 Å². The van der Waals surface area contributed by atoms with Crippen LogP contribution in [-0.2, 0) is 16.1 Å². The van der Waals surface area contributed by atoms with Gasteiger partial charge in [-0.15, -0.1) is 0 Å². The van der Waals surface area contributed by atoms with Gasteiger partial charge in [-0.2, -0.15) is 5.10 Å². The van der Waals surface area contributed by atoms with Crippen LogP contribution in [0, 0.1) is 13.8 Å². The third kappa shape index (κ3) is 3.48. The molecule has 1 N–H and O–H groups in total. The van der Waals surface area contributed by atoms with E-state index in [0.29, 0.717) is 48.3 Å². The summed E-state index contributed by atoms with van der Waals surface area (Å²) in [6.07, 6.45) is 3.06. The Morgan fingerprint density at radius 3 is 3.00 bits per heavy atom. The number of hydrogen-bond acceptors (Lipinski definition) is 6. The number of fused-ring (bicyclic) bond motifs is 1. The van der Waals surface area contributed by atoms with Crippen molar-refractivity contribution in [1.82, 2.24) is 20.3 Å². The Morgan fingerprint density at radius 2 is 2.25 bits per heavy atom. The molecule has 3 heterocycles. The first-order chi connectivity index (χ1) is 11.6. The molecule has 130 valence electrons. The van der Waals surface area contributed by atoms with Gasteiger partial charge in [-0.05, 0) is 33.1 Å². The van der Waals surface area contributed by atoms with E-state index in [-0.39, 0.29) is 17.6 Å². The zero-order chi connectivity index (χ0) is 17.1. The van der Waals surface area contributed by atoms with Crippen molar-refractivity contribution in [2.45, 2.75) is 52.2 Å². The zero-order valence-corrected chi connectivity index (χ0v) is 14.0. The fourth-order valence-corrected chi connectivity index (χ4v) is 3.01. The van der Waals surface area contributed by atoms with Crippen LogP contribution in [-0.4, -0.2) is 40.1 Å². The van der Waals surface area contributed by atoms with Crippen molar-refractivity contribution in [1.29, 1.82) is 0 Å². The molecule has 0 bridgehead atoms. The molecule has 8 heteroatoms. The summed E-state index contributed by atoms with van der Waals surface area (Å²) < 4.78 is 11.9. The minimum Gasteiger partial charge on any atom is -0.376 e. The van der Waals surface area contributed by atoms with Gasteiger partial charge >= 0.3 is 0 Å². The SMILES string of the molecule is Cc1nn(CCCC(=O)NC[C@H]2CCCO2)c(=O)c2noc(C)c12. The van der Waals surface area contributed by atoms with Gasteiger partial charge < -0.3 is 14.6 Å². The van der Waals surface area contributed by atoms with E-state index in [1.807, 2.05) is 6.92 Å². The van der Waals surface area contributed by atoms with Crippen molar-refractivity contribution in [3.05, 3.63) is 21.8 Å². The number of aromatic nitrogens is 3. The Balaban J connectivity index is 1.55. The summed E-state index contributed by atoms with van der Waals surface area (Å²) >= 11 is 0. The molecule has 0 saturated carbocycles. The molecular formula is C16H22N4O4. The summed E-state index contributed by atoms with van der Waals surface area (Å²) in [4.78, 5) is 24.2. The fourth-order valence-electron chi connectivity index (χ4n) is 3.01. The minimum absolute atomic E-state index is 0.0337. The first-order valence-electron chi connectivity index (χ1n) is 8.28. The Bertz CT molecular complexity index is 789. The Kier molecular flexibility index (Phi) is 4.94. The maximum atomic E-state index is 12.3. The summed E-state index contributed by atoms with van der Waals surface area (Å²) in [5.74, 6) is 0.557. The number of rotatable bonds is 6. The van der Waals surface area contributed by atoms with E-state index < -0.39 is 0 Å². The summed E-state index contributed by atoms with van der Waals surface area (Å²) in [5.41, 5.74) is 0.709. The van der Waals surface area contributed by atoms with Gasteiger partial charge in [0.15, 0.2) is 5.52 Å². The number of ether oxygens (including phenoxy) is 1. The first kappa shape index (κ1) is 16.6. The van der Waals surface area contributed by atoms with Gasteiger partial charge in [0.2, 0.25) is 5.91 Å². The lowest BCUT2D eigenvalue weighted by molar-refractivity contribution is -0.121. The van der Waals surface area contributed by atoms with Crippen LogP contribution in [0.2, 0.25) is 0 Å². The summed E-state index contributed by atoms with van der Waals surface area (Å²) in [6.45, 7) is 5.27. The fraction of sp³-hybridized carbons (Fsp3) is 0.625. The molecule has 1 aliphatic heterocycles. The maximum Gasteiger partial charge on any atom is 0.296 e. The monoisotopic (exact) mass is 334 g/mol. The van der Waals surface area contributed by atoms with Gasteiger partial charge in [0.1, 0.15) is 5.76 Å². The molecule has 8 nitrogen and oxygen atoms in total. The number of amides is 1. The molecule has 1 amide bonds. The van der Waals surface area contributed by atoms with Crippen molar-refractivity contribution in [3.8, 4) is 0 Å². The van der Waals surface area contributed by atoms with E-state index in [9.17, 15) is 9.59 Å². The lowest BCUT2D eigenvalue weighted by Crippen LogP contribution is -2.32. The van der Waals surface area contributed by atoms with Crippen molar-refractivity contribution >= 4 is 16.8 Å². The van der Waals surface area contributed by atoms with Crippen LogP contribution >= 0.6 is 0 Å². The predicted molar refractivity (Wildman–Crippen MR) is 86.8 cm³/mol. The first-order valence-corrected chi connectivity index (χ1v) is 8.28. The summed E-state index contributed by atoms with van der Waals surface area (Å²) in [7, 11) is 0. The van der Waals surface area contributed by atoms with Crippen molar-refractivity contribution in [2.75, 3.05) is 13.2 Å². The smallest absolute Gasteiger partial charge is 0.296 e. The van der Waals surface area contributed by atoms with E-state index in [1.165, 1.54) is 4.68 Å². The zero-order valence-electron chi connectivity index (χ0n) is 14.0. The van der Waals surface area contributed by atoms with Crippen LogP contribution in [0.4, 0.5) is 0 Å². The third-order valence-corrected chi connectivity index (χ3v) is 4.26. The highest BCUT2D eigenvalue weighted by molar-refractivity contribution is 5.81. The quantitative estimate of drug-likeness (QED) is 0.848. The van der Waals surface area contributed by atoms with Crippen LogP contribution in [0.25, 0.3) is 10.9 Å². The third-order valence-electron chi connectivity index (χ3n) is 4.26. The topological polar surface area (TPSA) is 99.2 Å². The van der Waals surface area contributed by atoms with Gasteiger partial charge in [0.05, 0.1) is 17.2 Å². The molecule has 3 rings (SSSR count). The van der Waals surface area contributed by atoms with Crippen LogP contribution in [0.1, 0.15) is 37.1 Å². The molecule has 2 aromatic rings. The molecule has 1 aliphatic rings. The van der Waals surface area contributed by atoms with E-state index >= 15 is 0 Å². The highest BCUT2D eigenvalue weighted by Gasteiger charge is 2.17. The second-order valence-electron chi connectivity index (χ2n) is 6.12. The number of carbonyl (C=O) groups is 1. The lowest BCUT2D eigenvalue weighted by Gasteiger charge is -2.11. The Labute approximate surface area is 139 Å². The van der Waals surface area contributed by atoms with E-state index in [1.54, 1.807) is 6.92 Å². The summed E-state index contributed by atoms with van der Waals surface area (Å²) in [5, 5.41) is 11.6. The average Bonchev–Trinajstić information content (AvgIpc) is 3.20. The number of carbonyl (C=O) groups excluding carboxylic acids is 1. The molecule has 2 aromatic heterocycles. The van der Waals surface area contributed by atoms with Crippen LogP contribution in [0.3, 0.4) is 0 Å². The maximum absolute atomic E-state index is 12.3. The highest BCUT2D eigenvalue weighted by Crippen LogP contribution is 2.16. The molecule has 1 atom stereocenters. The van der Waals surface area contributed by atoms with Gasteiger partial charge in [0, 0.05) is 26.1 Å². The second kappa shape index (κ2) is 7.12. The average molecular weight is 334 g/mol. The van der Waals surface area contributed by atoms with Gasteiger partial charge in [-0.1, -0.05) is 5.16 Å². The molecule has 24 heavy (non-hydrogen) atoms. The molecular weight excluding hydrogens is 312 g/mol. The molecule has 0 aliphatic carbocycles. The minimum atomic E-state index is -0.285. The van der Waals surface area contributed by atoms with Gasteiger partial charge in [-0.25, -0.2) is 4.68 Å². The Morgan fingerprint density at radius 1 is 1.42 bits per heavy atom. The highest BCUT2D eigenvalue weighted by atomic mass is 16.5. The lowest BCUT2D eigenvalue weighted by atomic mass is 10.2. The van der Waals surface area contributed by atoms with Crippen LogP contribution in [0.15, 0.2) is 9.32 Å². The van der Waals surface area contributed by atoms with E-state index in [0.717, 1.165) is 19.4 Å². The predicted octanol–water partition coefficient (Wildman–Crippen LogP) is 1.08. The van der Waals surface area contributed by atoms with E-state index in [2.05, 4.69) is 15.6 Å². The van der Waals surface area contributed by atoms with Crippen molar-refractivity contribution in [3.63, 3.8) is 0 Å². The number of nitrogens with zero attached hydrogens (tertiary/aromatic N) is 3. The van der Waals surface area contributed by atoms with Crippen molar-refractivity contribution in [2.24, 2.45) is 0 Å². The molecule has 0 unspecified atom stereocenters. The normalized spacial score (nSPS) is 17.5. The molecule has 0 radical (unpaired) electrons. The molecule has 0 aromatic carbocycles. The van der Waals surface area contributed by atoms with Crippen molar-refractivity contribution < 1.29 is 14.1 Å². The molecule has 1 fully saturated rings. The van der Waals surface area contributed by atoms with E-state index in [4.69, 9.17) is 9.26 Å². The standard InChI is InChI=1S/C16H22N4O4/c1-10-14-11(2)24-19-15(14)16(22)20(18-10)7-3-6-13(21)17-9-12-5-4-8-23-12/h12H,3-9H2,1-2H3,(H,17,21)/t12-/m1/s1. The second-order valence-corrected chi connectivity index (χ2v) is 6.12. The van der Waals surface area contributed by atoms with Crippen LogP contribution < -0.4 is 10.9 Å².